The molecule has 2 aliphatic rings. The molecule has 0 aliphatic carbocycles. The number of piperidine rings is 2. The first-order chi connectivity index (χ1) is 16.4. The van der Waals surface area contributed by atoms with Crippen LogP contribution in [0.3, 0.4) is 0 Å². The van der Waals surface area contributed by atoms with Crippen LogP contribution in [0.2, 0.25) is 0 Å². The number of amides is 2. The van der Waals surface area contributed by atoms with Gasteiger partial charge in [-0.15, -0.1) is 0 Å². The van der Waals surface area contributed by atoms with Crippen molar-refractivity contribution in [3.05, 3.63) is 77.8 Å². The zero-order valence-corrected chi connectivity index (χ0v) is 18.9. The maximum Gasteiger partial charge on any atom is 0.292 e. The Balaban J connectivity index is 1.36. The van der Waals surface area contributed by atoms with E-state index in [1.54, 1.807) is 35.0 Å². The fourth-order valence-corrected chi connectivity index (χ4v) is 5.43. The number of likely N-dealkylation sites (tertiary alicyclic amines) is 2. The topological polar surface area (TPSA) is 86.9 Å². The van der Waals surface area contributed by atoms with Crippen molar-refractivity contribution in [1.29, 1.82) is 0 Å². The van der Waals surface area contributed by atoms with Gasteiger partial charge in [0.05, 0.1) is 17.6 Å². The Morgan fingerprint density at radius 2 is 1.91 bits per heavy atom. The minimum absolute atomic E-state index is 0.00498. The maximum atomic E-state index is 14.1. The summed E-state index contributed by atoms with van der Waals surface area (Å²) in [6.45, 7) is 0.648. The fraction of sp³-hybridized carbons (Fsp3) is 0.346. The highest BCUT2D eigenvalue weighted by Gasteiger charge is 2.52. The zero-order valence-electron chi connectivity index (χ0n) is 18.9. The van der Waals surface area contributed by atoms with E-state index in [1.165, 1.54) is 12.1 Å². The predicted molar refractivity (Wildman–Crippen MR) is 122 cm³/mol. The highest BCUT2D eigenvalue weighted by atomic mass is 19.1. The van der Waals surface area contributed by atoms with Crippen LogP contribution in [0.25, 0.3) is 11.3 Å². The van der Waals surface area contributed by atoms with Crippen molar-refractivity contribution >= 4 is 11.8 Å². The lowest BCUT2D eigenvalue weighted by molar-refractivity contribution is -0.161. The number of benzene rings is 2. The van der Waals surface area contributed by atoms with E-state index in [9.17, 15) is 19.1 Å². The second-order valence-electron chi connectivity index (χ2n) is 9.21. The molecule has 8 heteroatoms. The van der Waals surface area contributed by atoms with Crippen LogP contribution in [0.5, 0.6) is 0 Å². The number of hydrogen-bond acceptors (Lipinski definition) is 5. The molecule has 34 heavy (non-hydrogen) atoms. The first-order valence-corrected chi connectivity index (χ1v) is 11.4. The number of likely N-dealkylation sites (N-methyl/N-ethyl adjacent to an activating group) is 1. The highest BCUT2D eigenvalue weighted by Crippen LogP contribution is 2.45. The predicted octanol–water partition coefficient (Wildman–Crippen LogP) is 3.67. The summed E-state index contributed by atoms with van der Waals surface area (Å²) in [6.07, 6.45) is 0.742. The molecule has 0 saturated carbocycles. The summed E-state index contributed by atoms with van der Waals surface area (Å²) in [4.78, 5) is 30.0. The Bertz CT molecular complexity index is 1210. The number of aliphatic hydroxyl groups excluding tert-OH is 1. The van der Waals surface area contributed by atoms with E-state index >= 15 is 0 Å². The third-order valence-corrected chi connectivity index (χ3v) is 7.03. The molecule has 1 N–H and O–H groups in total. The van der Waals surface area contributed by atoms with Gasteiger partial charge in [0, 0.05) is 31.8 Å². The maximum absolute atomic E-state index is 14.1. The average Bonchev–Trinajstić information content (AvgIpc) is 3.33. The second kappa shape index (κ2) is 8.68. The Morgan fingerprint density at radius 1 is 1.18 bits per heavy atom. The van der Waals surface area contributed by atoms with E-state index in [0.717, 1.165) is 5.56 Å². The molecule has 1 aromatic heterocycles. The molecular weight excluding hydrogens is 437 g/mol. The average molecular weight is 464 g/mol. The van der Waals surface area contributed by atoms with Crippen LogP contribution in [0.1, 0.15) is 41.4 Å². The lowest BCUT2D eigenvalue weighted by Gasteiger charge is -2.50. The van der Waals surface area contributed by atoms with Crippen LogP contribution >= 0.6 is 0 Å². The number of hydrogen-bond donors (Lipinski definition) is 1. The van der Waals surface area contributed by atoms with E-state index in [4.69, 9.17) is 4.52 Å². The van der Waals surface area contributed by atoms with Gasteiger partial charge in [0.1, 0.15) is 11.5 Å². The van der Waals surface area contributed by atoms with Crippen LogP contribution in [0.15, 0.2) is 65.2 Å². The lowest BCUT2D eigenvalue weighted by Crippen LogP contribution is -2.60. The molecule has 5 rings (SSSR count). The second-order valence-corrected chi connectivity index (χ2v) is 9.21. The molecule has 2 aromatic carbocycles. The normalized spacial score (nSPS) is 25.1. The van der Waals surface area contributed by atoms with Gasteiger partial charge in [0.25, 0.3) is 5.91 Å². The van der Waals surface area contributed by atoms with Crippen LogP contribution in [0.4, 0.5) is 4.39 Å². The summed E-state index contributed by atoms with van der Waals surface area (Å²) in [5.74, 6) is -0.933. The minimum Gasteiger partial charge on any atom is -0.391 e. The van der Waals surface area contributed by atoms with E-state index in [2.05, 4.69) is 5.16 Å². The zero-order chi connectivity index (χ0) is 23.9. The third-order valence-electron chi connectivity index (χ3n) is 7.03. The van der Waals surface area contributed by atoms with Crippen LogP contribution in [-0.2, 0) is 4.79 Å². The molecule has 2 saturated heterocycles. The molecule has 3 atom stereocenters. The Kier molecular flexibility index (Phi) is 5.69. The molecular formula is C26H26FN3O4. The number of halogens is 1. The number of aromatic nitrogens is 1. The van der Waals surface area contributed by atoms with Crippen LogP contribution < -0.4 is 0 Å². The van der Waals surface area contributed by atoms with Gasteiger partial charge in [-0.3, -0.25) is 9.59 Å². The van der Waals surface area contributed by atoms with Crippen molar-refractivity contribution < 1.29 is 23.6 Å². The van der Waals surface area contributed by atoms with Crippen molar-refractivity contribution in [2.24, 2.45) is 5.41 Å². The molecule has 3 heterocycles. The molecule has 3 aromatic rings. The summed E-state index contributed by atoms with van der Waals surface area (Å²) in [5.41, 5.74) is 0.510. The third kappa shape index (κ3) is 3.77. The van der Waals surface area contributed by atoms with Gasteiger partial charge in [-0.25, -0.2) is 4.39 Å². The monoisotopic (exact) mass is 463 g/mol. The summed E-state index contributed by atoms with van der Waals surface area (Å²) in [7, 11) is 1.71. The van der Waals surface area contributed by atoms with Crippen LogP contribution in [-0.4, -0.2) is 58.1 Å². The van der Waals surface area contributed by atoms with E-state index < -0.39 is 29.3 Å². The standard InChI is InChI=1S/C26H26FN3O4/c1-29-23(17-8-3-2-4-9-17)21(31)15-26(25(29)33)12-7-13-30(16-26)24(32)22-14-20(28-34-22)18-10-5-6-11-19(18)27/h2-6,8-11,14,21,23,31H,7,12-13,15-16H2,1H3/t21-,23+,26-/m1/s1. The van der Waals surface area contributed by atoms with Crippen molar-refractivity contribution in [2.45, 2.75) is 31.4 Å². The van der Waals surface area contributed by atoms with E-state index in [1.807, 2.05) is 30.3 Å². The summed E-state index contributed by atoms with van der Waals surface area (Å²) in [5, 5.41) is 14.9. The number of nitrogens with zero attached hydrogens (tertiary/aromatic N) is 3. The summed E-state index contributed by atoms with van der Waals surface area (Å²) >= 11 is 0. The highest BCUT2D eigenvalue weighted by molar-refractivity contribution is 5.93. The van der Waals surface area contributed by atoms with Crippen LogP contribution in [0, 0.1) is 11.2 Å². The van der Waals surface area contributed by atoms with Gasteiger partial charge in [-0.05, 0) is 37.0 Å². The van der Waals surface area contributed by atoms with Crippen molar-refractivity contribution in [3.63, 3.8) is 0 Å². The van der Waals surface area contributed by atoms with Gasteiger partial charge in [-0.2, -0.15) is 0 Å². The van der Waals surface area contributed by atoms with E-state index in [-0.39, 0.29) is 35.9 Å². The Hall–Kier alpha value is -3.52. The SMILES string of the molecule is CN1C(=O)[C@]2(CCCN(C(=O)c3cc(-c4ccccc4F)no3)C2)C[C@@H](O)[C@@H]1c1ccccc1. The largest absolute Gasteiger partial charge is 0.391 e. The molecule has 1 spiro atoms. The first-order valence-electron chi connectivity index (χ1n) is 11.4. The van der Waals surface area contributed by atoms with Gasteiger partial charge in [0.15, 0.2) is 0 Å². The smallest absolute Gasteiger partial charge is 0.292 e. The van der Waals surface area contributed by atoms with Gasteiger partial charge in [-0.1, -0.05) is 47.6 Å². The molecule has 7 nitrogen and oxygen atoms in total. The molecule has 0 unspecified atom stereocenters. The molecule has 2 fully saturated rings. The molecule has 0 bridgehead atoms. The summed E-state index contributed by atoms with van der Waals surface area (Å²) < 4.78 is 19.4. The molecule has 176 valence electrons. The molecule has 0 radical (unpaired) electrons. The number of carbonyl (C=O) groups is 2. The molecule has 2 amide bonds. The first kappa shape index (κ1) is 22.3. The van der Waals surface area contributed by atoms with E-state index in [0.29, 0.717) is 19.4 Å². The lowest BCUT2D eigenvalue weighted by atomic mass is 9.69. The van der Waals surface area contributed by atoms with Gasteiger partial charge >= 0.3 is 0 Å². The number of rotatable bonds is 3. The number of aliphatic hydroxyl groups is 1. The Morgan fingerprint density at radius 3 is 2.68 bits per heavy atom. The van der Waals surface area contributed by atoms with Gasteiger partial charge < -0.3 is 19.4 Å². The van der Waals surface area contributed by atoms with Crippen molar-refractivity contribution in [2.75, 3.05) is 20.1 Å². The summed E-state index contributed by atoms with van der Waals surface area (Å²) in [6, 6.07) is 16.6. The minimum atomic E-state index is -0.859. The molecule has 2 aliphatic heterocycles. The van der Waals surface area contributed by atoms with Gasteiger partial charge in [0.2, 0.25) is 11.7 Å². The van der Waals surface area contributed by atoms with Crippen molar-refractivity contribution in [1.82, 2.24) is 15.0 Å². The number of carbonyl (C=O) groups excluding carboxylic acids is 2. The quantitative estimate of drug-likeness (QED) is 0.641. The van der Waals surface area contributed by atoms with Crippen molar-refractivity contribution in [3.8, 4) is 11.3 Å². The fourth-order valence-electron chi connectivity index (χ4n) is 5.43. The Labute approximate surface area is 196 Å².